The van der Waals surface area contributed by atoms with Crippen LogP contribution < -0.4 is 5.32 Å². The first kappa shape index (κ1) is 16.7. The second-order valence-electron chi connectivity index (χ2n) is 3.83. The van der Waals surface area contributed by atoms with Crippen LogP contribution in [0.2, 0.25) is 5.02 Å². The van der Waals surface area contributed by atoms with E-state index in [1.807, 2.05) is 0 Å². The van der Waals surface area contributed by atoms with Gasteiger partial charge >= 0.3 is 0 Å². The van der Waals surface area contributed by atoms with Crippen LogP contribution in [0.1, 0.15) is 16.8 Å². The highest BCUT2D eigenvalue weighted by Gasteiger charge is 2.19. The van der Waals surface area contributed by atoms with Gasteiger partial charge in [-0.3, -0.25) is 14.9 Å². The van der Waals surface area contributed by atoms with Crippen molar-refractivity contribution in [2.75, 3.05) is 25.6 Å². The molecule has 1 aromatic carbocycles. The topological polar surface area (TPSA) is 81.5 Å². The number of hydrogen-bond donors (Lipinski definition) is 1. The van der Waals surface area contributed by atoms with Crippen LogP contribution in [0.4, 0.5) is 5.69 Å². The number of nitrogens with zero attached hydrogens (tertiary/aromatic N) is 1. The van der Waals surface area contributed by atoms with Gasteiger partial charge in [-0.25, -0.2) is 0 Å². The smallest absolute Gasteiger partial charge is 0.282 e. The Hall–Kier alpha value is -1.37. The Labute approximate surface area is 126 Å². The molecular formula is C12H14Cl2N2O4. The standard InChI is InChI=1S/C12H14Cl2N2O4/c13-4-7-20-6-1-5-15-12(17)10-8-9(14)2-3-11(10)16(18)19/h2-3,8H,1,4-7H2,(H,15,17). The number of carbonyl (C=O) groups excluding carboxylic acids is 1. The molecule has 1 aromatic rings. The SMILES string of the molecule is O=C(NCCCOCCCl)c1cc(Cl)ccc1[N+](=O)[O-]. The quantitative estimate of drug-likeness (QED) is 0.345. The maximum absolute atomic E-state index is 11.9. The van der Waals surface area contributed by atoms with E-state index < -0.39 is 10.8 Å². The number of benzene rings is 1. The Morgan fingerprint density at radius 3 is 2.80 bits per heavy atom. The lowest BCUT2D eigenvalue weighted by molar-refractivity contribution is -0.385. The molecule has 1 rings (SSSR count). The number of amides is 1. The highest BCUT2D eigenvalue weighted by Crippen LogP contribution is 2.22. The second kappa shape index (κ2) is 8.73. The summed E-state index contributed by atoms with van der Waals surface area (Å²) in [5.41, 5.74) is -0.325. The normalized spacial score (nSPS) is 10.3. The third-order valence-corrected chi connectivity index (χ3v) is 2.76. The van der Waals surface area contributed by atoms with Gasteiger partial charge in [0.05, 0.1) is 11.5 Å². The summed E-state index contributed by atoms with van der Waals surface area (Å²) >= 11 is 11.2. The van der Waals surface area contributed by atoms with Crippen LogP contribution in [-0.4, -0.2) is 36.5 Å². The second-order valence-corrected chi connectivity index (χ2v) is 4.64. The van der Waals surface area contributed by atoms with Gasteiger partial charge < -0.3 is 10.1 Å². The van der Waals surface area contributed by atoms with E-state index in [4.69, 9.17) is 27.9 Å². The zero-order valence-corrected chi connectivity index (χ0v) is 12.1. The molecule has 0 aliphatic rings. The maximum atomic E-state index is 11.9. The van der Waals surface area contributed by atoms with Crippen molar-refractivity contribution in [1.29, 1.82) is 0 Å². The molecule has 8 heteroatoms. The molecule has 20 heavy (non-hydrogen) atoms. The average molecular weight is 321 g/mol. The Bertz CT molecular complexity index is 483. The number of alkyl halides is 1. The number of nitro groups is 1. The Kier molecular flexibility index (Phi) is 7.28. The number of hydrogen-bond acceptors (Lipinski definition) is 4. The van der Waals surface area contributed by atoms with Crippen molar-refractivity contribution in [3.8, 4) is 0 Å². The molecule has 6 nitrogen and oxygen atoms in total. The third kappa shape index (κ3) is 5.32. The highest BCUT2D eigenvalue weighted by atomic mass is 35.5. The van der Waals surface area contributed by atoms with Crippen LogP contribution in [0.25, 0.3) is 0 Å². The van der Waals surface area contributed by atoms with Gasteiger partial charge in [0.25, 0.3) is 11.6 Å². The summed E-state index contributed by atoms with van der Waals surface area (Å²) in [6, 6.07) is 3.86. The van der Waals surface area contributed by atoms with Crippen molar-refractivity contribution in [3.05, 3.63) is 38.9 Å². The monoisotopic (exact) mass is 320 g/mol. The molecule has 0 saturated heterocycles. The van der Waals surface area contributed by atoms with Gasteiger partial charge in [-0.2, -0.15) is 0 Å². The van der Waals surface area contributed by atoms with Crippen LogP contribution in [-0.2, 0) is 4.74 Å². The number of nitrogens with one attached hydrogen (secondary N) is 1. The maximum Gasteiger partial charge on any atom is 0.282 e. The minimum absolute atomic E-state index is 0.0517. The first-order valence-electron chi connectivity index (χ1n) is 5.92. The van der Waals surface area contributed by atoms with Crippen molar-refractivity contribution >= 4 is 34.8 Å². The van der Waals surface area contributed by atoms with E-state index in [0.717, 1.165) is 0 Å². The molecule has 0 aromatic heterocycles. The van der Waals surface area contributed by atoms with Crippen molar-refractivity contribution in [1.82, 2.24) is 5.32 Å². The van der Waals surface area contributed by atoms with E-state index in [-0.39, 0.29) is 16.3 Å². The van der Waals surface area contributed by atoms with Gasteiger partial charge in [0.1, 0.15) is 5.56 Å². The van der Waals surface area contributed by atoms with Gasteiger partial charge in [-0.05, 0) is 18.6 Å². The zero-order chi connectivity index (χ0) is 15.0. The minimum atomic E-state index is -0.616. The fourth-order valence-corrected chi connectivity index (χ4v) is 1.76. The van der Waals surface area contributed by atoms with Gasteiger partial charge in [0.2, 0.25) is 0 Å². The summed E-state index contributed by atoms with van der Waals surface area (Å²) in [7, 11) is 0. The highest BCUT2D eigenvalue weighted by molar-refractivity contribution is 6.31. The molecule has 1 N–H and O–H groups in total. The van der Waals surface area contributed by atoms with Crippen molar-refractivity contribution in [2.45, 2.75) is 6.42 Å². The Morgan fingerprint density at radius 2 is 2.15 bits per heavy atom. The molecule has 0 fully saturated rings. The van der Waals surface area contributed by atoms with E-state index in [2.05, 4.69) is 5.32 Å². The fraction of sp³-hybridized carbons (Fsp3) is 0.417. The summed E-state index contributed by atoms with van der Waals surface area (Å²) in [5.74, 6) is -0.113. The fourth-order valence-electron chi connectivity index (χ4n) is 1.48. The predicted octanol–water partition coefficient (Wildman–Crippen LogP) is 2.62. The Balaban J connectivity index is 2.54. The number of rotatable bonds is 8. The van der Waals surface area contributed by atoms with Crippen LogP contribution in [0.5, 0.6) is 0 Å². The lowest BCUT2D eigenvalue weighted by Crippen LogP contribution is -2.26. The van der Waals surface area contributed by atoms with E-state index in [0.29, 0.717) is 32.1 Å². The molecule has 0 spiro atoms. The summed E-state index contributed by atoms with van der Waals surface area (Å²) in [5, 5.41) is 13.7. The van der Waals surface area contributed by atoms with E-state index in [9.17, 15) is 14.9 Å². The van der Waals surface area contributed by atoms with Gasteiger partial charge in [0, 0.05) is 30.1 Å². The summed E-state index contributed by atoms with van der Waals surface area (Å²) in [4.78, 5) is 22.1. The number of ether oxygens (including phenoxy) is 1. The van der Waals surface area contributed by atoms with E-state index >= 15 is 0 Å². The molecule has 0 saturated carbocycles. The number of nitro benzene ring substituents is 1. The zero-order valence-electron chi connectivity index (χ0n) is 10.6. The van der Waals surface area contributed by atoms with Crippen LogP contribution >= 0.6 is 23.2 Å². The number of halogens is 2. The Morgan fingerprint density at radius 1 is 1.40 bits per heavy atom. The van der Waals surface area contributed by atoms with Crippen molar-refractivity contribution < 1.29 is 14.5 Å². The molecular weight excluding hydrogens is 307 g/mol. The molecule has 0 heterocycles. The van der Waals surface area contributed by atoms with E-state index in [1.54, 1.807) is 0 Å². The summed E-state index contributed by atoms with van der Waals surface area (Å²) in [6.07, 6.45) is 0.594. The molecule has 1 amide bonds. The lowest BCUT2D eigenvalue weighted by atomic mass is 10.1. The van der Waals surface area contributed by atoms with Gasteiger partial charge in [-0.1, -0.05) is 11.6 Å². The minimum Gasteiger partial charge on any atom is -0.380 e. The van der Waals surface area contributed by atoms with Crippen LogP contribution in [0.15, 0.2) is 18.2 Å². The largest absolute Gasteiger partial charge is 0.380 e. The lowest BCUT2D eigenvalue weighted by Gasteiger charge is -2.06. The molecule has 110 valence electrons. The summed E-state index contributed by atoms with van der Waals surface area (Å²) in [6.45, 7) is 1.27. The van der Waals surface area contributed by atoms with Crippen LogP contribution in [0, 0.1) is 10.1 Å². The molecule has 0 aliphatic heterocycles. The molecule has 0 radical (unpaired) electrons. The summed E-state index contributed by atoms with van der Waals surface area (Å²) < 4.78 is 5.14. The van der Waals surface area contributed by atoms with Gasteiger partial charge in [0.15, 0.2) is 0 Å². The van der Waals surface area contributed by atoms with E-state index in [1.165, 1.54) is 18.2 Å². The molecule has 0 bridgehead atoms. The molecule has 0 aliphatic carbocycles. The predicted molar refractivity (Wildman–Crippen MR) is 76.6 cm³/mol. The van der Waals surface area contributed by atoms with Crippen molar-refractivity contribution in [3.63, 3.8) is 0 Å². The van der Waals surface area contributed by atoms with Crippen molar-refractivity contribution in [2.24, 2.45) is 0 Å². The van der Waals surface area contributed by atoms with Gasteiger partial charge in [-0.15, -0.1) is 11.6 Å². The van der Waals surface area contributed by atoms with Crippen LogP contribution in [0.3, 0.4) is 0 Å². The molecule has 0 atom stereocenters. The average Bonchev–Trinajstić information content (AvgIpc) is 2.42. The molecule has 0 unspecified atom stereocenters. The third-order valence-electron chi connectivity index (χ3n) is 2.37. The first-order chi connectivity index (χ1) is 9.56. The number of carbonyl (C=O) groups is 1. The first-order valence-corrected chi connectivity index (χ1v) is 6.83.